The minimum Gasteiger partial charge on any atom is -0.279 e. The predicted octanol–water partition coefficient (Wildman–Crippen LogP) is 5.59. The summed E-state index contributed by atoms with van der Waals surface area (Å²) < 4.78 is 57.5. The first-order chi connectivity index (χ1) is 12.7. The summed E-state index contributed by atoms with van der Waals surface area (Å²) in [4.78, 5) is 0. The molecule has 0 saturated heterocycles. The molecule has 2 saturated carbocycles. The quantitative estimate of drug-likeness (QED) is 0.390. The van der Waals surface area contributed by atoms with Crippen molar-refractivity contribution in [2.24, 2.45) is 0 Å². The fourth-order valence-corrected chi connectivity index (χ4v) is 8.51. The molecule has 0 aromatic heterocycles. The molecule has 0 atom stereocenters. The van der Waals surface area contributed by atoms with Crippen molar-refractivity contribution in [2.75, 3.05) is 0 Å². The molecule has 2 aliphatic rings. The Hall–Kier alpha value is -0.650. The highest BCUT2D eigenvalue weighted by molar-refractivity contribution is 7.86. The third-order valence-electron chi connectivity index (χ3n) is 5.49. The molecule has 1 aromatic rings. The smallest absolute Gasteiger partial charge is 0.279 e. The van der Waals surface area contributed by atoms with Gasteiger partial charge >= 0.3 is 15.6 Å². The molecule has 0 unspecified atom stereocenters. The SMILES string of the molecule is O=S(=O)(O)C(F)(F)F.c1ccc([PH+](C2CCCCC2)C2CCCCC2)cc1. The molecule has 0 aliphatic heterocycles. The average molecular weight is 425 g/mol. The maximum absolute atomic E-state index is 10.7. The predicted molar refractivity (Wildman–Crippen MR) is 106 cm³/mol. The third kappa shape index (κ3) is 7.03. The molecule has 0 radical (unpaired) electrons. The first-order valence-electron chi connectivity index (χ1n) is 9.66. The van der Waals surface area contributed by atoms with Crippen LogP contribution in [0, 0.1) is 0 Å². The van der Waals surface area contributed by atoms with Crippen molar-refractivity contribution in [1.29, 1.82) is 0 Å². The summed E-state index contributed by atoms with van der Waals surface area (Å²) in [5.41, 5.74) is -3.39. The summed E-state index contributed by atoms with van der Waals surface area (Å²) in [7, 11) is -6.16. The second-order valence-corrected chi connectivity index (χ2v) is 11.9. The van der Waals surface area contributed by atoms with Gasteiger partial charge in [-0.2, -0.15) is 21.6 Å². The van der Waals surface area contributed by atoms with Gasteiger partial charge in [0.05, 0.1) is 16.6 Å². The Labute approximate surface area is 161 Å². The van der Waals surface area contributed by atoms with Crippen molar-refractivity contribution >= 4 is 23.3 Å². The van der Waals surface area contributed by atoms with E-state index in [0.717, 1.165) is 11.3 Å². The molecule has 2 fully saturated rings. The summed E-state index contributed by atoms with van der Waals surface area (Å²) in [5, 5.41) is 1.74. The van der Waals surface area contributed by atoms with E-state index in [1.54, 1.807) is 5.30 Å². The first-order valence-corrected chi connectivity index (χ1v) is 12.8. The van der Waals surface area contributed by atoms with Gasteiger partial charge in [0, 0.05) is 7.92 Å². The van der Waals surface area contributed by atoms with Crippen LogP contribution in [0.4, 0.5) is 13.2 Å². The van der Waals surface area contributed by atoms with Gasteiger partial charge in [0.15, 0.2) is 0 Å². The fourth-order valence-electron chi connectivity index (χ4n) is 4.26. The summed E-state index contributed by atoms with van der Waals surface area (Å²) in [6.45, 7) is 0. The first kappa shape index (κ1) is 22.6. The number of benzene rings is 1. The molecule has 0 bridgehead atoms. The summed E-state index contributed by atoms with van der Waals surface area (Å²) in [6.07, 6.45) is 15.1. The monoisotopic (exact) mass is 425 g/mol. The van der Waals surface area contributed by atoms with E-state index in [1.165, 1.54) is 64.2 Å². The number of hydrogen-bond acceptors (Lipinski definition) is 2. The van der Waals surface area contributed by atoms with E-state index in [2.05, 4.69) is 30.3 Å². The number of hydrogen-bond donors (Lipinski definition) is 1. The molecule has 3 rings (SSSR count). The normalized spacial score (nSPS) is 20.2. The molecule has 3 nitrogen and oxygen atoms in total. The number of halogens is 3. The van der Waals surface area contributed by atoms with Crippen LogP contribution in [0.3, 0.4) is 0 Å². The van der Waals surface area contributed by atoms with Crippen LogP contribution in [0.1, 0.15) is 64.2 Å². The molecular weight excluding hydrogens is 396 g/mol. The van der Waals surface area contributed by atoms with E-state index in [1.807, 2.05) is 0 Å². The van der Waals surface area contributed by atoms with E-state index in [4.69, 9.17) is 13.0 Å². The molecule has 2 aliphatic carbocycles. The van der Waals surface area contributed by atoms with Crippen LogP contribution < -0.4 is 5.30 Å². The number of alkyl halides is 3. The minimum atomic E-state index is -5.84. The van der Waals surface area contributed by atoms with Gasteiger partial charge in [-0.25, -0.2) is 0 Å². The molecule has 1 aromatic carbocycles. The van der Waals surface area contributed by atoms with E-state index in [-0.39, 0.29) is 7.92 Å². The topological polar surface area (TPSA) is 54.4 Å². The van der Waals surface area contributed by atoms with Gasteiger partial charge in [0.2, 0.25) is 0 Å². The van der Waals surface area contributed by atoms with Crippen molar-refractivity contribution < 1.29 is 26.1 Å². The Morgan fingerprint density at radius 3 is 1.52 bits per heavy atom. The average Bonchev–Trinajstić information content (AvgIpc) is 2.64. The zero-order chi connectivity index (χ0) is 19.9. The Morgan fingerprint density at radius 2 is 1.19 bits per heavy atom. The summed E-state index contributed by atoms with van der Waals surface area (Å²) in [5.74, 6) is 0. The van der Waals surface area contributed by atoms with Crippen LogP contribution in [0.15, 0.2) is 30.3 Å². The lowest BCUT2D eigenvalue weighted by Crippen LogP contribution is -2.26. The van der Waals surface area contributed by atoms with Crippen LogP contribution in [0.5, 0.6) is 0 Å². The third-order valence-corrected chi connectivity index (χ3v) is 9.99. The lowest BCUT2D eigenvalue weighted by atomic mass is 9.99. The van der Waals surface area contributed by atoms with Gasteiger partial charge in [-0.15, -0.1) is 0 Å². The highest BCUT2D eigenvalue weighted by Gasteiger charge is 2.44. The highest BCUT2D eigenvalue weighted by Crippen LogP contribution is 2.54. The second-order valence-electron chi connectivity index (χ2n) is 7.41. The Morgan fingerprint density at radius 1 is 0.815 bits per heavy atom. The van der Waals surface area contributed by atoms with Crippen molar-refractivity contribution in [3.63, 3.8) is 0 Å². The molecule has 0 amide bonds. The van der Waals surface area contributed by atoms with Crippen LogP contribution in [-0.4, -0.2) is 29.8 Å². The van der Waals surface area contributed by atoms with E-state index < -0.39 is 15.6 Å². The van der Waals surface area contributed by atoms with Gasteiger partial charge in [0.1, 0.15) is 0 Å². The summed E-state index contributed by atoms with van der Waals surface area (Å²) >= 11 is 0. The molecular formula is C19H29F3O3PS+. The Kier molecular flexibility index (Phi) is 8.57. The van der Waals surface area contributed by atoms with Gasteiger partial charge in [-0.1, -0.05) is 31.0 Å². The fraction of sp³-hybridized carbons (Fsp3) is 0.684. The Bertz CT molecular complexity index is 635. The van der Waals surface area contributed by atoms with Crippen LogP contribution in [-0.2, 0) is 10.1 Å². The van der Waals surface area contributed by atoms with Gasteiger partial charge in [-0.3, -0.25) is 4.55 Å². The van der Waals surface area contributed by atoms with Crippen molar-refractivity contribution in [3.05, 3.63) is 30.3 Å². The zero-order valence-corrected chi connectivity index (χ0v) is 17.2. The van der Waals surface area contributed by atoms with Crippen LogP contribution >= 0.6 is 7.92 Å². The summed E-state index contributed by atoms with van der Waals surface area (Å²) in [6, 6.07) is 11.6. The largest absolute Gasteiger partial charge is 0.522 e. The Balaban J connectivity index is 0.000000279. The zero-order valence-electron chi connectivity index (χ0n) is 15.4. The van der Waals surface area contributed by atoms with Gasteiger partial charge in [0.25, 0.3) is 0 Å². The van der Waals surface area contributed by atoms with E-state index in [9.17, 15) is 13.2 Å². The molecule has 8 heteroatoms. The van der Waals surface area contributed by atoms with Gasteiger partial charge < -0.3 is 0 Å². The maximum Gasteiger partial charge on any atom is 0.522 e. The van der Waals surface area contributed by atoms with E-state index in [0.29, 0.717) is 0 Å². The maximum atomic E-state index is 10.7. The lowest BCUT2D eigenvalue weighted by molar-refractivity contribution is -0.0510. The van der Waals surface area contributed by atoms with Crippen LogP contribution in [0.25, 0.3) is 0 Å². The molecule has 0 spiro atoms. The second kappa shape index (κ2) is 10.2. The minimum absolute atomic E-state index is 0.323. The molecule has 1 N–H and O–H groups in total. The molecule has 27 heavy (non-hydrogen) atoms. The highest BCUT2D eigenvalue weighted by atomic mass is 32.2. The van der Waals surface area contributed by atoms with Crippen LogP contribution in [0.2, 0.25) is 0 Å². The number of rotatable bonds is 3. The van der Waals surface area contributed by atoms with Crippen molar-refractivity contribution in [2.45, 2.75) is 81.0 Å². The van der Waals surface area contributed by atoms with E-state index >= 15 is 0 Å². The van der Waals surface area contributed by atoms with Crippen molar-refractivity contribution in [1.82, 2.24) is 0 Å². The molecule has 0 heterocycles. The lowest BCUT2D eigenvalue weighted by Gasteiger charge is -2.32. The van der Waals surface area contributed by atoms with Crippen molar-refractivity contribution in [3.8, 4) is 0 Å². The standard InChI is InChI=1S/C18H27P.CHF3O3S/c1-4-10-16(11-5-1)19(17-12-6-2-7-13-17)18-14-8-3-9-15-18;2-1(3,4)8(5,6)7/h1,4-5,10-11,17-18H,2-3,6-9,12-15H2;(H,5,6,7)/p+1. The van der Waals surface area contributed by atoms with Gasteiger partial charge in [-0.05, 0) is 63.5 Å². The molecule has 154 valence electrons.